The van der Waals surface area contributed by atoms with E-state index >= 15 is 0 Å². The summed E-state index contributed by atoms with van der Waals surface area (Å²) in [5.41, 5.74) is 3.05. The molecule has 8 heteroatoms. The molecule has 1 unspecified atom stereocenters. The van der Waals surface area contributed by atoms with Crippen LogP contribution in [0.2, 0.25) is 0 Å². The third kappa shape index (κ3) is 4.03. The van der Waals surface area contributed by atoms with Crippen LogP contribution in [0, 0.1) is 0 Å². The third-order valence-corrected chi connectivity index (χ3v) is 6.11. The second-order valence-corrected chi connectivity index (χ2v) is 8.57. The van der Waals surface area contributed by atoms with E-state index < -0.39 is 0 Å². The van der Waals surface area contributed by atoms with Crippen LogP contribution in [0.5, 0.6) is 0 Å². The fourth-order valence-corrected chi connectivity index (χ4v) is 4.25. The number of hydrogen-bond donors (Lipinski definition) is 0. The molecule has 1 atom stereocenters. The van der Waals surface area contributed by atoms with E-state index in [9.17, 15) is 0 Å². The lowest BCUT2D eigenvalue weighted by molar-refractivity contribution is 0.0839. The van der Waals surface area contributed by atoms with E-state index in [0.717, 1.165) is 54.1 Å². The van der Waals surface area contributed by atoms with E-state index in [1.807, 2.05) is 48.7 Å². The fraction of sp³-hybridized carbons (Fsp3) is 0.318. The summed E-state index contributed by atoms with van der Waals surface area (Å²) in [7, 11) is 0. The molecule has 5 rings (SSSR count). The number of fused-ring (bicyclic) bond motifs is 1. The predicted molar refractivity (Wildman–Crippen MR) is 118 cm³/mol. The van der Waals surface area contributed by atoms with Gasteiger partial charge in [0, 0.05) is 55.2 Å². The maximum Gasteiger partial charge on any atom is 0.244 e. The molecule has 0 amide bonds. The zero-order valence-corrected chi connectivity index (χ0v) is 18.4. The fourth-order valence-electron chi connectivity index (χ4n) is 3.90. The Labute approximate surface area is 183 Å². The molecule has 4 heterocycles. The summed E-state index contributed by atoms with van der Waals surface area (Å²) in [6, 6.07) is 14.1. The maximum absolute atomic E-state index is 5.57. The Kier molecular flexibility index (Phi) is 5.37. The minimum atomic E-state index is 0.102. The summed E-state index contributed by atoms with van der Waals surface area (Å²) in [6.07, 6.45) is 4.15. The Morgan fingerprint density at radius 3 is 2.60 bits per heavy atom. The standard InChI is InChI=1S/C22H23BrN6O/c1-16(22-25-21(26-30-22)17-5-3-2-4-6-17)28-11-9-27(10-12-28)14-19-15-29-13-18(23)7-8-20(29)24-19/h2-8,13,15-16H,9-12,14H2,1H3. The molecule has 3 aromatic heterocycles. The van der Waals surface area contributed by atoms with Gasteiger partial charge in [0.05, 0.1) is 11.7 Å². The molecular weight excluding hydrogens is 444 g/mol. The van der Waals surface area contributed by atoms with Gasteiger partial charge >= 0.3 is 0 Å². The quantitative estimate of drug-likeness (QED) is 0.442. The highest BCUT2D eigenvalue weighted by Gasteiger charge is 2.26. The van der Waals surface area contributed by atoms with E-state index in [1.54, 1.807) is 0 Å². The largest absolute Gasteiger partial charge is 0.337 e. The number of aromatic nitrogens is 4. The lowest BCUT2D eigenvalue weighted by atomic mass is 10.2. The minimum Gasteiger partial charge on any atom is -0.337 e. The van der Waals surface area contributed by atoms with Gasteiger partial charge in [-0.25, -0.2) is 4.98 Å². The zero-order chi connectivity index (χ0) is 20.5. The molecule has 30 heavy (non-hydrogen) atoms. The van der Waals surface area contributed by atoms with Gasteiger partial charge < -0.3 is 8.92 Å². The van der Waals surface area contributed by atoms with E-state index in [-0.39, 0.29) is 6.04 Å². The van der Waals surface area contributed by atoms with Crippen molar-refractivity contribution in [1.82, 2.24) is 29.3 Å². The number of pyridine rings is 1. The first-order valence-electron chi connectivity index (χ1n) is 10.1. The number of hydrogen-bond acceptors (Lipinski definition) is 6. The predicted octanol–water partition coefficient (Wildman–Crippen LogP) is 4.03. The van der Waals surface area contributed by atoms with Crippen molar-refractivity contribution in [3.05, 3.63) is 70.9 Å². The molecule has 1 aliphatic heterocycles. The maximum atomic E-state index is 5.57. The number of piperazine rings is 1. The van der Waals surface area contributed by atoms with Gasteiger partial charge in [0.1, 0.15) is 5.65 Å². The molecule has 7 nitrogen and oxygen atoms in total. The van der Waals surface area contributed by atoms with Crippen molar-refractivity contribution in [1.29, 1.82) is 0 Å². The van der Waals surface area contributed by atoms with Crippen LogP contribution >= 0.6 is 15.9 Å². The van der Waals surface area contributed by atoms with Crippen molar-refractivity contribution < 1.29 is 4.52 Å². The highest BCUT2D eigenvalue weighted by molar-refractivity contribution is 9.10. The monoisotopic (exact) mass is 466 g/mol. The molecule has 0 N–H and O–H groups in total. The first-order valence-corrected chi connectivity index (χ1v) is 10.9. The van der Waals surface area contributed by atoms with Gasteiger partial charge in [-0.15, -0.1) is 0 Å². The molecule has 4 aromatic rings. The second kappa shape index (κ2) is 8.29. The summed E-state index contributed by atoms with van der Waals surface area (Å²) in [5.74, 6) is 1.32. The van der Waals surface area contributed by atoms with Crippen LogP contribution in [0.3, 0.4) is 0 Å². The molecule has 1 aliphatic rings. The molecule has 0 aliphatic carbocycles. The van der Waals surface area contributed by atoms with Crippen LogP contribution in [0.15, 0.2) is 63.9 Å². The Bertz CT molecular complexity index is 1130. The van der Waals surface area contributed by atoms with E-state index in [4.69, 9.17) is 9.51 Å². The first-order chi connectivity index (χ1) is 14.7. The highest BCUT2D eigenvalue weighted by atomic mass is 79.9. The second-order valence-electron chi connectivity index (χ2n) is 7.66. The van der Waals surface area contributed by atoms with Gasteiger partial charge in [-0.3, -0.25) is 9.80 Å². The number of benzene rings is 1. The Morgan fingerprint density at radius 1 is 1.00 bits per heavy atom. The van der Waals surface area contributed by atoms with Gasteiger partial charge in [-0.1, -0.05) is 35.5 Å². The Balaban J connectivity index is 1.19. The molecule has 0 spiro atoms. The van der Waals surface area contributed by atoms with Crippen molar-refractivity contribution in [2.45, 2.75) is 19.5 Å². The van der Waals surface area contributed by atoms with Crippen molar-refractivity contribution in [2.75, 3.05) is 26.2 Å². The summed E-state index contributed by atoms with van der Waals surface area (Å²) < 4.78 is 8.69. The summed E-state index contributed by atoms with van der Waals surface area (Å²) in [4.78, 5) is 14.2. The molecule has 0 radical (unpaired) electrons. The van der Waals surface area contributed by atoms with Crippen LogP contribution in [0.25, 0.3) is 17.0 Å². The van der Waals surface area contributed by atoms with Crippen LogP contribution in [0.4, 0.5) is 0 Å². The molecule has 1 aromatic carbocycles. The number of imidazole rings is 1. The number of nitrogens with zero attached hydrogens (tertiary/aromatic N) is 6. The van der Waals surface area contributed by atoms with Crippen molar-refractivity contribution in [3.63, 3.8) is 0 Å². The molecule has 154 valence electrons. The van der Waals surface area contributed by atoms with Crippen LogP contribution < -0.4 is 0 Å². The SMILES string of the molecule is CC(c1nc(-c2ccccc2)no1)N1CCN(Cc2cn3cc(Br)ccc3n2)CC1. The minimum absolute atomic E-state index is 0.102. The molecule has 0 bridgehead atoms. The lowest BCUT2D eigenvalue weighted by Crippen LogP contribution is -2.46. The molecule has 1 fully saturated rings. The van der Waals surface area contributed by atoms with Gasteiger partial charge in [0.2, 0.25) is 11.7 Å². The number of halogens is 1. The average Bonchev–Trinajstić information content (AvgIpc) is 3.41. The summed E-state index contributed by atoms with van der Waals surface area (Å²) in [5, 5.41) is 4.16. The summed E-state index contributed by atoms with van der Waals surface area (Å²) in [6.45, 7) is 6.90. The van der Waals surface area contributed by atoms with E-state index in [2.05, 4.69) is 53.4 Å². The molecule has 1 saturated heterocycles. The molecular formula is C22H23BrN6O. The van der Waals surface area contributed by atoms with E-state index in [1.165, 1.54) is 0 Å². The van der Waals surface area contributed by atoms with Gasteiger partial charge in [-0.05, 0) is 35.0 Å². The van der Waals surface area contributed by atoms with Gasteiger partial charge in [0.25, 0.3) is 0 Å². The van der Waals surface area contributed by atoms with Crippen molar-refractivity contribution in [3.8, 4) is 11.4 Å². The van der Waals surface area contributed by atoms with Gasteiger partial charge in [-0.2, -0.15) is 4.98 Å². The van der Waals surface area contributed by atoms with Crippen LogP contribution in [-0.2, 0) is 6.54 Å². The topological polar surface area (TPSA) is 62.7 Å². The lowest BCUT2D eigenvalue weighted by Gasteiger charge is -2.36. The first kappa shape index (κ1) is 19.4. The Hall–Kier alpha value is -2.55. The normalized spacial score (nSPS) is 16.9. The van der Waals surface area contributed by atoms with Crippen LogP contribution in [0.1, 0.15) is 24.6 Å². The van der Waals surface area contributed by atoms with Crippen LogP contribution in [-0.4, -0.2) is 55.5 Å². The smallest absolute Gasteiger partial charge is 0.244 e. The van der Waals surface area contributed by atoms with Gasteiger partial charge in [0.15, 0.2) is 0 Å². The highest BCUT2D eigenvalue weighted by Crippen LogP contribution is 2.24. The third-order valence-electron chi connectivity index (χ3n) is 5.64. The average molecular weight is 467 g/mol. The van der Waals surface area contributed by atoms with E-state index in [0.29, 0.717) is 11.7 Å². The zero-order valence-electron chi connectivity index (χ0n) is 16.8. The summed E-state index contributed by atoms with van der Waals surface area (Å²) >= 11 is 3.51. The number of rotatable bonds is 5. The molecule has 0 saturated carbocycles. The van der Waals surface area contributed by atoms with Crippen molar-refractivity contribution in [2.24, 2.45) is 0 Å². The Morgan fingerprint density at radius 2 is 1.80 bits per heavy atom. The van der Waals surface area contributed by atoms with Crippen molar-refractivity contribution >= 4 is 21.6 Å².